The minimum Gasteiger partial charge on any atom is -0.377 e. The molecule has 6 nitrogen and oxygen atoms in total. The number of fused-ring (bicyclic) bond motifs is 1. The zero-order valence-electron chi connectivity index (χ0n) is 11.6. The van der Waals surface area contributed by atoms with Crippen LogP contribution < -0.4 is 10.5 Å². The van der Waals surface area contributed by atoms with Crippen molar-refractivity contribution < 1.29 is 17.9 Å². The van der Waals surface area contributed by atoms with Gasteiger partial charge in [0.05, 0.1) is 11.9 Å². The lowest BCUT2D eigenvalue weighted by molar-refractivity contribution is -0.173. The van der Waals surface area contributed by atoms with E-state index < -0.39 is 26.9 Å². The molecule has 2 rings (SSSR count). The van der Waals surface area contributed by atoms with Crippen LogP contribution in [0.4, 0.5) is 0 Å². The molecule has 1 aliphatic heterocycles. The number of nitrogens with one attached hydrogen (secondary N) is 1. The van der Waals surface area contributed by atoms with Crippen molar-refractivity contribution in [2.75, 3.05) is 12.4 Å². The Kier molecular flexibility index (Phi) is 3.43. The molecule has 0 aromatic carbocycles. The number of amides is 1. The molecule has 1 amide bonds. The summed E-state index contributed by atoms with van der Waals surface area (Å²) in [4.78, 5) is 12.3. The summed E-state index contributed by atoms with van der Waals surface area (Å²) >= 11 is 0. The van der Waals surface area contributed by atoms with Gasteiger partial charge in [-0.05, 0) is 12.8 Å². The first-order chi connectivity index (χ1) is 8.67. The molecule has 0 bridgehead atoms. The van der Waals surface area contributed by atoms with Gasteiger partial charge in [0.1, 0.15) is 5.54 Å². The highest BCUT2D eigenvalue weighted by Gasteiger charge is 2.71. The number of carbonyl (C=O) groups excluding carboxylic acids is 1. The van der Waals surface area contributed by atoms with Crippen molar-refractivity contribution in [2.24, 2.45) is 17.1 Å². The molecule has 0 spiro atoms. The summed E-state index contributed by atoms with van der Waals surface area (Å²) in [6.45, 7) is 6.03. The van der Waals surface area contributed by atoms with Gasteiger partial charge in [0.25, 0.3) is 5.91 Å². The van der Waals surface area contributed by atoms with E-state index in [1.54, 1.807) is 6.92 Å². The van der Waals surface area contributed by atoms with Crippen LogP contribution in [0.3, 0.4) is 0 Å². The molecule has 3 atom stereocenters. The van der Waals surface area contributed by atoms with Gasteiger partial charge in [0, 0.05) is 17.9 Å². The van der Waals surface area contributed by atoms with E-state index in [1.807, 2.05) is 13.8 Å². The average molecular weight is 290 g/mol. The molecule has 1 heterocycles. The van der Waals surface area contributed by atoms with Crippen LogP contribution >= 0.6 is 0 Å². The molecule has 3 unspecified atom stereocenters. The molecule has 0 radical (unpaired) electrons. The van der Waals surface area contributed by atoms with Crippen LogP contribution in [0.1, 0.15) is 33.6 Å². The van der Waals surface area contributed by atoms with E-state index in [1.165, 1.54) is 0 Å². The van der Waals surface area contributed by atoms with Gasteiger partial charge in [-0.15, -0.1) is 0 Å². The third-order valence-corrected chi connectivity index (χ3v) is 5.99. The summed E-state index contributed by atoms with van der Waals surface area (Å²) in [6.07, 6.45) is 1.10. The van der Waals surface area contributed by atoms with E-state index in [-0.39, 0.29) is 17.8 Å². The number of rotatable bonds is 4. The number of sulfonamides is 1. The highest BCUT2D eigenvalue weighted by Crippen LogP contribution is 2.58. The van der Waals surface area contributed by atoms with Crippen molar-refractivity contribution in [2.45, 2.75) is 45.3 Å². The fourth-order valence-corrected chi connectivity index (χ4v) is 4.48. The van der Waals surface area contributed by atoms with Crippen LogP contribution in [0.25, 0.3) is 0 Å². The maximum atomic E-state index is 12.3. The van der Waals surface area contributed by atoms with Crippen LogP contribution in [-0.2, 0) is 19.6 Å². The zero-order valence-corrected chi connectivity index (χ0v) is 12.4. The molecule has 1 saturated carbocycles. The molecule has 3 N–H and O–H groups in total. The molecule has 0 aromatic heterocycles. The minimum absolute atomic E-state index is 0.0582. The fraction of sp³-hybridized carbons (Fsp3) is 0.917. The van der Waals surface area contributed by atoms with Crippen LogP contribution in [0.15, 0.2) is 0 Å². The van der Waals surface area contributed by atoms with Crippen molar-refractivity contribution in [1.82, 2.24) is 4.72 Å². The van der Waals surface area contributed by atoms with Crippen LogP contribution in [-0.4, -0.2) is 38.3 Å². The zero-order chi connectivity index (χ0) is 14.5. The Balaban J connectivity index is 2.19. The first-order valence-corrected chi connectivity index (χ1v) is 8.27. The van der Waals surface area contributed by atoms with Crippen molar-refractivity contribution in [1.29, 1.82) is 0 Å². The number of carbonyl (C=O) groups is 1. The van der Waals surface area contributed by atoms with Gasteiger partial charge >= 0.3 is 0 Å². The molecule has 1 aliphatic carbocycles. The van der Waals surface area contributed by atoms with Gasteiger partial charge in [-0.2, -0.15) is 0 Å². The Morgan fingerprint density at radius 3 is 2.68 bits per heavy atom. The molecule has 7 heteroatoms. The van der Waals surface area contributed by atoms with E-state index in [4.69, 9.17) is 10.5 Å². The molecular formula is C12H22N2O4S. The average Bonchev–Trinajstić information content (AvgIpc) is 2.74. The second-order valence-electron chi connectivity index (χ2n) is 6.03. The summed E-state index contributed by atoms with van der Waals surface area (Å²) in [6, 6.07) is 0. The summed E-state index contributed by atoms with van der Waals surface area (Å²) in [5.74, 6) is -0.767. The Morgan fingerprint density at radius 1 is 1.47 bits per heavy atom. The standard InChI is InChI=1S/C12H22N2O4S/c1-4-7-19(16,17)14-10(15)12(13)8-5-6-18-9(8)11(12,2)3/h8-9H,4-7,13H2,1-3H3,(H,14,15). The Hall–Kier alpha value is -0.660. The predicted molar refractivity (Wildman–Crippen MR) is 70.8 cm³/mol. The van der Waals surface area contributed by atoms with Gasteiger partial charge in [-0.3, -0.25) is 9.52 Å². The van der Waals surface area contributed by atoms with E-state index in [9.17, 15) is 13.2 Å². The monoisotopic (exact) mass is 290 g/mol. The second kappa shape index (κ2) is 4.43. The summed E-state index contributed by atoms with van der Waals surface area (Å²) in [5, 5.41) is 0. The number of hydrogen-bond donors (Lipinski definition) is 2. The van der Waals surface area contributed by atoms with E-state index in [2.05, 4.69) is 4.72 Å². The molecule has 19 heavy (non-hydrogen) atoms. The Bertz CT molecular complexity index is 488. The van der Waals surface area contributed by atoms with Crippen molar-refractivity contribution in [3.63, 3.8) is 0 Å². The van der Waals surface area contributed by atoms with Crippen molar-refractivity contribution >= 4 is 15.9 Å². The minimum atomic E-state index is -3.59. The number of hydrogen-bond acceptors (Lipinski definition) is 5. The third-order valence-electron chi connectivity index (χ3n) is 4.55. The van der Waals surface area contributed by atoms with Gasteiger partial charge < -0.3 is 10.5 Å². The molecule has 0 aromatic rings. The molecule has 1 saturated heterocycles. The van der Waals surface area contributed by atoms with Crippen LogP contribution in [0.2, 0.25) is 0 Å². The second-order valence-corrected chi connectivity index (χ2v) is 7.87. The lowest BCUT2D eigenvalue weighted by atomic mass is 9.48. The quantitative estimate of drug-likeness (QED) is 0.758. The SMILES string of the molecule is CCCS(=O)(=O)NC(=O)C1(N)C2CCOC2C1(C)C. The van der Waals surface area contributed by atoms with E-state index in [0.29, 0.717) is 19.4 Å². The normalized spacial score (nSPS) is 36.4. The van der Waals surface area contributed by atoms with E-state index >= 15 is 0 Å². The highest BCUT2D eigenvalue weighted by molar-refractivity contribution is 7.90. The van der Waals surface area contributed by atoms with Gasteiger partial charge in [-0.25, -0.2) is 8.42 Å². The maximum absolute atomic E-state index is 12.3. The van der Waals surface area contributed by atoms with Gasteiger partial charge in [0.2, 0.25) is 10.0 Å². The first-order valence-electron chi connectivity index (χ1n) is 6.62. The maximum Gasteiger partial charge on any atom is 0.254 e. The number of nitrogens with two attached hydrogens (primary N) is 1. The summed E-state index contributed by atoms with van der Waals surface area (Å²) < 4.78 is 31.1. The lowest BCUT2D eigenvalue weighted by Gasteiger charge is -2.60. The summed E-state index contributed by atoms with van der Waals surface area (Å²) in [7, 11) is -3.59. The van der Waals surface area contributed by atoms with Crippen LogP contribution in [0, 0.1) is 11.3 Å². The van der Waals surface area contributed by atoms with E-state index in [0.717, 1.165) is 0 Å². The third kappa shape index (κ3) is 1.98. The molecule has 2 aliphatic rings. The topological polar surface area (TPSA) is 98.5 Å². The lowest BCUT2D eigenvalue weighted by Crippen LogP contribution is -2.80. The summed E-state index contributed by atoms with van der Waals surface area (Å²) in [5.41, 5.74) is 4.53. The molecular weight excluding hydrogens is 268 g/mol. The first kappa shape index (κ1) is 14.7. The van der Waals surface area contributed by atoms with Crippen LogP contribution in [0.5, 0.6) is 0 Å². The van der Waals surface area contributed by atoms with Gasteiger partial charge in [0.15, 0.2) is 0 Å². The molecule has 110 valence electrons. The predicted octanol–water partition coefficient (Wildman–Crippen LogP) is -0.0152. The molecule has 2 fully saturated rings. The van der Waals surface area contributed by atoms with Crippen molar-refractivity contribution in [3.05, 3.63) is 0 Å². The Labute approximate surface area is 114 Å². The van der Waals surface area contributed by atoms with Gasteiger partial charge in [-0.1, -0.05) is 20.8 Å². The largest absolute Gasteiger partial charge is 0.377 e. The fourth-order valence-electron chi connectivity index (χ4n) is 3.39. The Morgan fingerprint density at radius 2 is 2.11 bits per heavy atom. The number of ether oxygens (including phenoxy) is 1. The van der Waals surface area contributed by atoms with Crippen molar-refractivity contribution in [3.8, 4) is 0 Å². The highest BCUT2D eigenvalue weighted by atomic mass is 32.2. The smallest absolute Gasteiger partial charge is 0.254 e.